The molecule has 0 fully saturated rings. The minimum absolute atomic E-state index is 0.187. The van der Waals surface area contributed by atoms with Crippen molar-refractivity contribution in [1.82, 2.24) is 14.7 Å². The second kappa shape index (κ2) is 8.94. The molecule has 0 atom stereocenters. The van der Waals surface area contributed by atoms with Gasteiger partial charge in [-0.1, -0.05) is 40.9 Å². The summed E-state index contributed by atoms with van der Waals surface area (Å²) in [6.45, 7) is 2.78. The largest absolute Gasteiger partial charge is 0.381 e. The highest BCUT2D eigenvalue weighted by Crippen LogP contribution is 2.17. The third-order valence-electron chi connectivity index (χ3n) is 5.34. The number of aromatic nitrogens is 3. The van der Waals surface area contributed by atoms with E-state index >= 15 is 0 Å². The highest BCUT2D eigenvalue weighted by molar-refractivity contribution is 6.31. The van der Waals surface area contributed by atoms with Crippen LogP contribution in [0.3, 0.4) is 0 Å². The summed E-state index contributed by atoms with van der Waals surface area (Å²) in [5.74, 6) is -0.208. The number of hydrogen-bond donors (Lipinski definition) is 2. The van der Waals surface area contributed by atoms with Gasteiger partial charge in [-0.15, -0.1) is 0 Å². The molecule has 32 heavy (non-hydrogen) atoms. The van der Waals surface area contributed by atoms with E-state index in [0.29, 0.717) is 34.9 Å². The summed E-state index contributed by atoms with van der Waals surface area (Å²) in [7, 11) is 1.57. The lowest BCUT2D eigenvalue weighted by molar-refractivity contribution is -0.660. The van der Waals surface area contributed by atoms with E-state index in [1.807, 2.05) is 31.2 Å². The number of pyridine rings is 2. The number of aryl methyl sites for hydroxylation is 1. The van der Waals surface area contributed by atoms with Crippen LogP contribution in [0, 0.1) is 6.92 Å². The Kier molecular flexibility index (Phi) is 6.07. The molecule has 1 aromatic carbocycles. The number of fused-ring (bicyclic) bond motifs is 2. The van der Waals surface area contributed by atoms with E-state index in [2.05, 4.69) is 5.32 Å². The fraction of sp³-hybridized carbons (Fsp3) is 0.217. The smallest absolute Gasteiger partial charge is 0.278 e. The van der Waals surface area contributed by atoms with Gasteiger partial charge in [0.2, 0.25) is 11.5 Å². The quantitative estimate of drug-likeness (QED) is 0.345. The molecule has 3 heterocycles. The Balaban J connectivity index is 1.85. The van der Waals surface area contributed by atoms with E-state index in [0.717, 1.165) is 11.1 Å². The van der Waals surface area contributed by atoms with Crippen molar-refractivity contribution in [2.75, 3.05) is 19.5 Å². The zero-order valence-corrected chi connectivity index (χ0v) is 18.5. The van der Waals surface area contributed by atoms with Gasteiger partial charge >= 0.3 is 0 Å². The number of rotatable bonds is 6. The fourth-order valence-electron chi connectivity index (χ4n) is 3.61. The first kappa shape index (κ1) is 21.7. The Morgan fingerprint density at radius 1 is 1.28 bits per heavy atom. The van der Waals surface area contributed by atoms with E-state index in [1.165, 1.54) is 10.5 Å². The molecule has 0 saturated carbocycles. The second-order valence-corrected chi connectivity index (χ2v) is 7.81. The predicted molar refractivity (Wildman–Crippen MR) is 123 cm³/mol. The van der Waals surface area contributed by atoms with Crippen molar-refractivity contribution in [2.45, 2.75) is 20.0 Å². The summed E-state index contributed by atoms with van der Waals surface area (Å²) in [5.41, 5.74) is 8.87. The Morgan fingerprint density at radius 3 is 2.81 bits per heavy atom. The van der Waals surface area contributed by atoms with Crippen LogP contribution >= 0.6 is 11.6 Å². The number of ether oxygens (including phenoxy) is 1. The number of amides is 1. The summed E-state index contributed by atoms with van der Waals surface area (Å²) >= 11 is 6.19. The Hall–Kier alpha value is -3.49. The maximum absolute atomic E-state index is 13.3. The number of benzene rings is 1. The Morgan fingerprint density at radius 2 is 2.06 bits per heavy atom. The van der Waals surface area contributed by atoms with Gasteiger partial charge in [-0.25, -0.2) is 4.57 Å². The van der Waals surface area contributed by atoms with Crippen LogP contribution in [0.4, 0.5) is 5.82 Å². The van der Waals surface area contributed by atoms with Gasteiger partial charge in [0.05, 0.1) is 13.2 Å². The summed E-state index contributed by atoms with van der Waals surface area (Å²) in [6.07, 6.45) is 1.66. The third-order valence-corrected chi connectivity index (χ3v) is 5.70. The SMILES string of the molecule is COCC[n+]1c(N)c(C(=O)NCc2ccccc2Cl)cc2c(=O)n3cccc(C)c3nc21. The van der Waals surface area contributed by atoms with E-state index < -0.39 is 5.91 Å². The van der Waals surface area contributed by atoms with Crippen LogP contribution in [0.25, 0.3) is 16.7 Å². The van der Waals surface area contributed by atoms with Gasteiger partial charge < -0.3 is 15.8 Å². The first-order chi connectivity index (χ1) is 15.4. The van der Waals surface area contributed by atoms with Gasteiger partial charge in [0, 0.05) is 30.4 Å². The van der Waals surface area contributed by atoms with E-state index in [9.17, 15) is 9.59 Å². The zero-order valence-electron chi connectivity index (χ0n) is 17.8. The minimum atomic E-state index is -0.413. The lowest BCUT2D eigenvalue weighted by atomic mass is 10.1. The molecular weight excluding hydrogens is 430 g/mol. The average molecular weight is 453 g/mol. The number of halogens is 1. The van der Waals surface area contributed by atoms with Crippen molar-refractivity contribution in [3.8, 4) is 0 Å². The molecule has 0 aliphatic rings. The molecule has 3 N–H and O–H groups in total. The first-order valence-electron chi connectivity index (χ1n) is 10.1. The van der Waals surface area contributed by atoms with Gasteiger partial charge in [0.1, 0.15) is 10.9 Å². The fourth-order valence-corrected chi connectivity index (χ4v) is 3.82. The van der Waals surface area contributed by atoms with Crippen molar-refractivity contribution in [3.05, 3.63) is 80.7 Å². The summed E-state index contributed by atoms with van der Waals surface area (Å²) < 4.78 is 8.33. The summed E-state index contributed by atoms with van der Waals surface area (Å²) in [5, 5.41) is 3.68. The number of methoxy groups -OCH3 is 1. The first-order valence-corrected chi connectivity index (χ1v) is 10.4. The predicted octanol–water partition coefficient (Wildman–Crippen LogP) is 2.26. The van der Waals surface area contributed by atoms with Gasteiger partial charge in [0.15, 0.2) is 0 Å². The molecule has 8 nitrogen and oxygen atoms in total. The standard InChI is InChI=1S/C23H22ClN5O3/c1-14-6-5-9-29-20(14)27-21-17(23(29)31)12-16(19(25)28(21)10-11-32-2)22(30)26-13-15-7-3-4-8-18(15)24/h3-9,12,25H,10-11,13H2,1-2H3,(H,26,30)/p+1. The summed E-state index contributed by atoms with van der Waals surface area (Å²) in [4.78, 5) is 31.0. The highest BCUT2D eigenvalue weighted by Gasteiger charge is 2.24. The molecule has 4 rings (SSSR count). The molecule has 0 spiro atoms. The third kappa shape index (κ3) is 3.90. The second-order valence-electron chi connectivity index (χ2n) is 7.40. The van der Waals surface area contributed by atoms with Crippen LogP contribution in [0.2, 0.25) is 5.02 Å². The average Bonchev–Trinajstić information content (AvgIpc) is 2.78. The monoisotopic (exact) mass is 452 g/mol. The zero-order chi connectivity index (χ0) is 22.8. The molecule has 9 heteroatoms. The lowest BCUT2D eigenvalue weighted by Crippen LogP contribution is -2.44. The van der Waals surface area contributed by atoms with Crippen molar-refractivity contribution in [3.63, 3.8) is 0 Å². The van der Waals surface area contributed by atoms with Crippen molar-refractivity contribution in [2.24, 2.45) is 0 Å². The molecule has 0 bridgehead atoms. The van der Waals surface area contributed by atoms with E-state index in [4.69, 9.17) is 27.1 Å². The number of nitrogens with zero attached hydrogens (tertiary/aromatic N) is 3. The maximum atomic E-state index is 13.3. The van der Waals surface area contributed by atoms with Gasteiger partial charge in [0.25, 0.3) is 17.1 Å². The molecule has 1 amide bonds. The number of nitrogens with one attached hydrogen (secondary N) is 1. The maximum Gasteiger partial charge on any atom is 0.278 e. The topological polar surface area (TPSA) is 103 Å². The van der Waals surface area contributed by atoms with E-state index in [1.54, 1.807) is 30.0 Å². The molecule has 4 aromatic rings. The van der Waals surface area contributed by atoms with Crippen LogP contribution in [0.15, 0.2) is 53.5 Å². The number of nitrogens with two attached hydrogens (primary N) is 1. The van der Waals surface area contributed by atoms with Crippen molar-refractivity contribution in [1.29, 1.82) is 0 Å². The van der Waals surface area contributed by atoms with Crippen LogP contribution in [0.5, 0.6) is 0 Å². The number of carbonyl (C=O) groups excluding carboxylic acids is 1. The minimum Gasteiger partial charge on any atom is -0.381 e. The molecule has 0 saturated heterocycles. The highest BCUT2D eigenvalue weighted by atomic mass is 35.5. The lowest BCUT2D eigenvalue weighted by Gasteiger charge is -2.13. The van der Waals surface area contributed by atoms with Crippen molar-refractivity contribution < 1.29 is 14.1 Å². The van der Waals surface area contributed by atoms with Crippen LogP contribution in [-0.4, -0.2) is 29.0 Å². The Labute approximate surface area is 189 Å². The number of nitrogen functional groups attached to an aromatic ring is 1. The summed E-state index contributed by atoms with van der Waals surface area (Å²) in [6, 6.07) is 12.4. The van der Waals surface area contributed by atoms with Crippen molar-refractivity contribution >= 4 is 40.0 Å². The van der Waals surface area contributed by atoms with Gasteiger partial charge in [-0.05, 0) is 30.7 Å². The molecule has 0 unspecified atom stereocenters. The molecule has 0 aliphatic heterocycles. The Bertz CT molecular complexity index is 1400. The number of carbonyl (C=O) groups is 1. The molecule has 164 valence electrons. The van der Waals surface area contributed by atoms with E-state index in [-0.39, 0.29) is 23.5 Å². The van der Waals surface area contributed by atoms with Crippen LogP contribution < -0.4 is 21.2 Å². The number of anilines is 1. The molecular formula is C23H23ClN5O3+. The van der Waals surface area contributed by atoms with Gasteiger partial charge in [-0.3, -0.25) is 14.0 Å². The van der Waals surface area contributed by atoms with Crippen LogP contribution in [-0.2, 0) is 17.8 Å². The molecule has 0 aliphatic carbocycles. The normalized spacial score (nSPS) is 11.2. The molecule has 0 radical (unpaired) electrons. The van der Waals surface area contributed by atoms with Gasteiger partial charge in [-0.2, -0.15) is 0 Å². The van der Waals surface area contributed by atoms with Crippen LogP contribution in [0.1, 0.15) is 21.5 Å². The number of hydrogen-bond acceptors (Lipinski definition) is 5. The molecule has 3 aromatic heterocycles.